The Bertz CT molecular complexity index is 896. The van der Waals surface area contributed by atoms with E-state index in [-0.39, 0.29) is 0 Å². The minimum Gasteiger partial charge on any atom is -0.489 e. The molecule has 0 aliphatic heterocycles. The second kappa shape index (κ2) is 8.74. The Morgan fingerprint density at radius 3 is 2.62 bits per heavy atom. The fourth-order valence-corrected chi connectivity index (χ4v) is 3.15. The third-order valence-corrected chi connectivity index (χ3v) is 4.86. The van der Waals surface area contributed by atoms with Gasteiger partial charge in [0, 0.05) is 18.7 Å². The summed E-state index contributed by atoms with van der Waals surface area (Å²) in [5.74, 6) is 0.813. The topological polar surface area (TPSA) is 41.5 Å². The summed E-state index contributed by atoms with van der Waals surface area (Å²) in [6.45, 7) is 3.30. The number of hydrogen-bond acceptors (Lipinski definition) is 3. The second-order valence-electron chi connectivity index (χ2n) is 6.28. The number of ether oxygens (including phenoxy) is 1. The van der Waals surface area contributed by atoms with E-state index >= 15 is 0 Å². The first-order chi connectivity index (χ1) is 12.5. The summed E-state index contributed by atoms with van der Waals surface area (Å²) in [4.78, 5) is 0. The first-order valence-corrected chi connectivity index (χ1v) is 9.26. The van der Waals surface area contributed by atoms with Crippen molar-refractivity contribution in [1.82, 2.24) is 5.32 Å². The smallest absolute Gasteiger partial charge is 0.124 e. The fraction of sp³-hybridized carbons (Fsp3) is 0.238. The van der Waals surface area contributed by atoms with Crippen LogP contribution in [0.15, 0.2) is 54.6 Å². The lowest BCUT2D eigenvalue weighted by Gasteiger charge is -2.16. The van der Waals surface area contributed by atoms with E-state index in [0.29, 0.717) is 29.7 Å². The quantitative estimate of drug-likeness (QED) is 0.583. The van der Waals surface area contributed by atoms with Crippen molar-refractivity contribution >= 4 is 34.0 Å². The van der Waals surface area contributed by atoms with Crippen LogP contribution in [0.2, 0.25) is 10.0 Å². The summed E-state index contributed by atoms with van der Waals surface area (Å²) in [5.41, 5.74) is 2.03. The largest absolute Gasteiger partial charge is 0.489 e. The third-order valence-electron chi connectivity index (χ3n) is 4.12. The first kappa shape index (κ1) is 19.0. The minimum atomic E-state index is -0.398. The predicted octanol–water partition coefficient (Wildman–Crippen LogP) is 5.20. The summed E-state index contributed by atoms with van der Waals surface area (Å²) in [7, 11) is 0. The molecule has 3 aromatic rings. The van der Waals surface area contributed by atoms with E-state index in [9.17, 15) is 5.11 Å². The zero-order valence-corrected chi connectivity index (χ0v) is 16.0. The first-order valence-electron chi connectivity index (χ1n) is 8.50. The molecule has 0 saturated carbocycles. The van der Waals surface area contributed by atoms with Crippen molar-refractivity contribution in [2.75, 3.05) is 6.54 Å². The zero-order valence-electron chi connectivity index (χ0n) is 14.5. The van der Waals surface area contributed by atoms with Crippen LogP contribution in [-0.4, -0.2) is 17.8 Å². The Morgan fingerprint density at radius 1 is 1.04 bits per heavy atom. The molecule has 0 spiro atoms. The summed E-state index contributed by atoms with van der Waals surface area (Å²) >= 11 is 12.1. The van der Waals surface area contributed by atoms with Crippen molar-refractivity contribution in [3.63, 3.8) is 0 Å². The number of benzene rings is 3. The number of aliphatic hydroxyl groups is 1. The predicted molar refractivity (Wildman–Crippen MR) is 108 cm³/mol. The van der Waals surface area contributed by atoms with Gasteiger partial charge < -0.3 is 15.2 Å². The van der Waals surface area contributed by atoms with E-state index in [0.717, 1.165) is 27.6 Å². The van der Waals surface area contributed by atoms with Crippen LogP contribution in [0.4, 0.5) is 0 Å². The average Bonchev–Trinajstić information content (AvgIpc) is 2.63. The van der Waals surface area contributed by atoms with Gasteiger partial charge in [-0.3, -0.25) is 0 Å². The molecule has 0 bridgehead atoms. The van der Waals surface area contributed by atoms with E-state index in [1.54, 1.807) is 13.0 Å². The van der Waals surface area contributed by atoms with Gasteiger partial charge in [-0.05, 0) is 41.5 Å². The van der Waals surface area contributed by atoms with E-state index in [2.05, 4.69) is 23.5 Å². The van der Waals surface area contributed by atoms with E-state index in [4.69, 9.17) is 27.9 Å². The van der Waals surface area contributed by atoms with Gasteiger partial charge in [0.2, 0.25) is 0 Å². The van der Waals surface area contributed by atoms with Crippen molar-refractivity contribution in [1.29, 1.82) is 0 Å². The standard InChI is InChI=1S/C21H21Cl2NO2/c1-14(25)11-24-12-18-17-5-3-2-4-16(17)7-9-21(18)26-13-15-6-8-19(22)20(23)10-15/h2-10,14,24-25H,11-13H2,1H3. The minimum absolute atomic E-state index is 0.398. The number of nitrogens with one attached hydrogen (secondary N) is 1. The van der Waals surface area contributed by atoms with Gasteiger partial charge in [-0.2, -0.15) is 0 Å². The summed E-state index contributed by atoms with van der Waals surface area (Å²) in [6.07, 6.45) is -0.398. The Morgan fingerprint density at radius 2 is 1.85 bits per heavy atom. The van der Waals surface area contributed by atoms with Crippen LogP contribution >= 0.6 is 23.2 Å². The number of fused-ring (bicyclic) bond motifs is 1. The Balaban J connectivity index is 1.84. The normalized spacial score (nSPS) is 12.3. The maximum Gasteiger partial charge on any atom is 0.124 e. The maximum absolute atomic E-state index is 9.50. The van der Waals surface area contributed by atoms with Gasteiger partial charge in [0.15, 0.2) is 0 Å². The van der Waals surface area contributed by atoms with Crippen LogP contribution in [-0.2, 0) is 13.2 Å². The summed E-state index contributed by atoms with van der Waals surface area (Å²) in [5, 5.41) is 16.1. The highest BCUT2D eigenvalue weighted by Gasteiger charge is 2.10. The molecule has 3 aromatic carbocycles. The van der Waals surface area contributed by atoms with Crippen LogP contribution in [0, 0.1) is 0 Å². The van der Waals surface area contributed by atoms with E-state index in [1.165, 1.54) is 0 Å². The maximum atomic E-state index is 9.50. The summed E-state index contributed by atoms with van der Waals surface area (Å²) < 4.78 is 6.08. The van der Waals surface area contributed by atoms with Crippen LogP contribution in [0.3, 0.4) is 0 Å². The number of aliphatic hydroxyl groups excluding tert-OH is 1. The zero-order chi connectivity index (χ0) is 18.5. The van der Waals surface area contributed by atoms with Gasteiger partial charge in [0.1, 0.15) is 12.4 Å². The molecule has 0 aliphatic rings. The van der Waals surface area contributed by atoms with Crippen molar-refractivity contribution in [3.8, 4) is 5.75 Å². The second-order valence-corrected chi connectivity index (χ2v) is 7.09. The van der Waals surface area contributed by atoms with Gasteiger partial charge in [0.25, 0.3) is 0 Å². The highest BCUT2D eigenvalue weighted by molar-refractivity contribution is 6.42. The molecule has 0 radical (unpaired) electrons. The van der Waals surface area contributed by atoms with Gasteiger partial charge >= 0.3 is 0 Å². The number of hydrogen-bond donors (Lipinski definition) is 2. The SMILES string of the molecule is CC(O)CNCc1c(OCc2ccc(Cl)c(Cl)c2)ccc2ccccc12. The molecular formula is C21H21Cl2NO2. The number of halogens is 2. The molecule has 3 rings (SSSR count). The van der Waals surface area contributed by atoms with Gasteiger partial charge in [-0.15, -0.1) is 0 Å². The summed E-state index contributed by atoms with van der Waals surface area (Å²) in [6, 6.07) is 17.7. The van der Waals surface area contributed by atoms with Gasteiger partial charge in [-0.1, -0.05) is 59.6 Å². The Kier molecular flexibility index (Phi) is 6.38. The monoisotopic (exact) mass is 389 g/mol. The molecule has 2 N–H and O–H groups in total. The molecule has 3 nitrogen and oxygen atoms in total. The highest BCUT2D eigenvalue weighted by atomic mass is 35.5. The molecule has 0 amide bonds. The average molecular weight is 390 g/mol. The van der Waals surface area contributed by atoms with Gasteiger partial charge in [0.05, 0.1) is 16.1 Å². The molecular weight excluding hydrogens is 369 g/mol. The van der Waals surface area contributed by atoms with E-state index < -0.39 is 6.10 Å². The van der Waals surface area contributed by atoms with Crippen molar-refractivity contribution < 1.29 is 9.84 Å². The third kappa shape index (κ3) is 4.68. The van der Waals surface area contributed by atoms with Crippen LogP contribution < -0.4 is 10.1 Å². The lowest BCUT2D eigenvalue weighted by molar-refractivity contribution is 0.190. The van der Waals surface area contributed by atoms with Crippen molar-refractivity contribution in [3.05, 3.63) is 75.8 Å². The Hall–Kier alpha value is -1.78. The van der Waals surface area contributed by atoms with Crippen LogP contribution in [0.1, 0.15) is 18.1 Å². The van der Waals surface area contributed by atoms with Crippen LogP contribution in [0.5, 0.6) is 5.75 Å². The highest BCUT2D eigenvalue weighted by Crippen LogP contribution is 2.29. The lowest BCUT2D eigenvalue weighted by Crippen LogP contribution is -2.24. The van der Waals surface area contributed by atoms with Gasteiger partial charge in [-0.25, -0.2) is 0 Å². The van der Waals surface area contributed by atoms with Crippen molar-refractivity contribution in [2.24, 2.45) is 0 Å². The lowest BCUT2D eigenvalue weighted by atomic mass is 10.0. The molecule has 5 heteroatoms. The molecule has 1 unspecified atom stereocenters. The molecule has 1 atom stereocenters. The fourth-order valence-electron chi connectivity index (χ4n) is 2.83. The van der Waals surface area contributed by atoms with Crippen LogP contribution in [0.25, 0.3) is 10.8 Å². The molecule has 26 heavy (non-hydrogen) atoms. The molecule has 0 aromatic heterocycles. The molecule has 136 valence electrons. The molecule has 0 aliphatic carbocycles. The van der Waals surface area contributed by atoms with Crippen molar-refractivity contribution in [2.45, 2.75) is 26.2 Å². The number of rotatable bonds is 7. The Labute approximate surface area is 163 Å². The van der Waals surface area contributed by atoms with E-state index in [1.807, 2.05) is 30.3 Å². The molecule has 0 fully saturated rings. The molecule has 0 heterocycles. The molecule has 0 saturated heterocycles.